The first-order valence-electron chi connectivity index (χ1n) is 10.4. The molecule has 0 radical (unpaired) electrons. The molecule has 4 rings (SSSR count). The van der Waals surface area contributed by atoms with E-state index in [1.807, 2.05) is 12.1 Å². The minimum atomic E-state index is -3.87. The number of carbonyl (C=O) groups is 1. The quantitative estimate of drug-likeness (QED) is 0.735. The molecule has 1 N–H and O–H groups in total. The van der Waals surface area contributed by atoms with Gasteiger partial charge in [-0.25, -0.2) is 8.42 Å². The third-order valence-electron chi connectivity index (χ3n) is 5.60. The second-order valence-electron chi connectivity index (χ2n) is 7.61. The van der Waals surface area contributed by atoms with E-state index in [2.05, 4.69) is 9.62 Å². The van der Waals surface area contributed by atoms with E-state index in [9.17, 15) is 13.2 Å². The fourth-order valence-electron chi connectivity index (χ4n) is 3.89. The Hall–Kier alpha value is -2.78. The van der Waals surface area contributed by atoms with Gasteiger partial charge in [0.1, 0.15) is 5.75 Å². The highest BCUT2D eigenvalue weighted by Crippen LogP contribution is 2.27. The molecule has 2 aromatic rings. The summed E-state index contributed by atoms with van der Waals surface area (Å²) in [4.78, 5) is 16.8. The minimum absolute atomic E-state index is 0.0214. The van der Waals surface area contributed by atoms with Crippen molar-refractivity contribution in [3.05, 3.63) is 48.0 Å². The van der Waals surface area contributed by atoms with Gasteiger partial charge in [0.2, 0.25) is 0 Å². The van der Waals surface area contributed by atoms with E-state index in [0.717, 1.165) is 31.6 Å². The Balaban J connectivity index is 1.54. The molecule has 0 spiro atoms. The lowest BCUT2D eigenvalue weighted by Gasteiger charge is -2.28. The van der Waals surface area contributed by atoms with Gasteiger partial charge in [0, 0.05) is 37.6 Å². The first kappa shape index (κ1) is 21.5. The van der Waals surface area contributed by atoms with E-state index in [1.54, 1.807) is 17.0 Å². The van der Waals surface area contributed by atoms with Crippen molar-refractivity contribution < 1.29 is 22.7 Å². The van der Waals surface area contributed by atoms with Crippen LogP contribution in [0.5, 0.6) is 5.75 Å². The molecule has 2 fully saturated rings. The summed E-state index contributed by atoms with van der Waals surface area (Å²) in [6, 6.07) is 11.6. The number of likely N-dealkylation sites (tertiary alicyclic amines) is 1. The average molecular weight is 446 g/mol. The zero-order valence-electron chi connectivity index (χ0n) is 17.5. The topological polar surface area (TPSA) is 88.2 Å². The summed E-state index contributed by atoms with van der Waals surface area (Å²) in [5.41, 5.74) is 1.74. The fraction of sp³-hybridized carbons (Fsp3) is 0.409. The molecule has 2 heterocycles. The molecular weight excluding hydrogens is 418 g/mol. The van der Waals surface area contributed by atoms with Gasteiger partial charge in [0.05, 0.1) is 30.8 Å². The molecule has 2 aromatic carbocycles. The van der Waals surface area contributed by atoms with Gasteiger partial charge >= 0.3 is 0 Å². The number of carbonyl (C=O) groups excluding carboxylic acids is 1. The number of sulfonamides is 1. The summed E-state index contributed by atoms with van der Waals surface area (Å²) >= 11 is 0. The van der Waals surface area contributed by atoms with Crippen LogP contribution in [0.3, 0.4) is 0 Å². The Labute approximate surface area is 182 Å². The van der Waals surface area contributed by atoms with Crippen LogP contribution < -0.4 is 14.4 Å². The molecule has 0 saturated carbocycles. The molecule has 9 heteroatoms. The maximum atomic E-state index is 13.0. The minimum Gasteiger partial charge on any atom is -0.496 e. The molecule has 166 valence electrons. The number of amides is 1. The Morgan fingerprint density at radius 3 is 2.32 bits per heavy atom. The van der Waals surface area contributed by atoms with Gasteiger partial charge < -0.3 is 19.3 Å². The maximum Gasteiger partial charge on any atom is 0.261 e. The zero-order valence-corrected chi connectivity index (χ0v) is 18.4. The van der Waals surface area contributed by atoms with E-state index >= 15 is 0 Å². The predicted octanol–water partition coefficient (Wildman–Crippen LogP) is 2.57. The lowest BCUT2D eigenvalue weighted by Crippen LogP contribution is -2.36. The number of hydrogen-bond donors (Lipinski definition) is 1. The van der Waals surface area contributed by atoms with Crippen LogP contribution in [0, 0.1) is 0 Å². The summed E-state index contributed by atoms with van der Waals surface area (Å²) in [6.07, 6.45) is 1.90. The van der Waals surface area contributed by atoms with E-state index in [4.69, 9.17) is 9.47 Å². The standard InChI is InChI=1S/C22H27N3O5S/c1-29-21-9-8-19(16-20(21)22(26)25-10-2-3-11-25)31(27,28)23-17-4-6-18(7-5-17)24-12-14-30-15-13-24/h4-9,16,23H,2-3,10-15H2,1H3. The predicted molar refractivity (Wildman–Crippen MR) is 118 cm³/mol. The molecule has 1 amide bonds. The van der Waals surface area contributed by atoms with Crippen LogP contribution in [0.2, 0.25) is 0 Å². The van der Waals surface area contributed by atoms with Crippen LogP contribution in [0.4, 0.5) is 11.4 Å². The Morgan fingerprint density at radius 1 is 1.00 bits per heavy atom. The number of nitrogens with one attached hydrogen (secondary N) is 1. The van der Waals surface area contributed by atoms with E-state index in [-0.39, 0.29) is 16.4 Å². The van der Waals surface area contributed by atoms with E-state index in [0.29, 0.717) is 37.7 Å². The summed E-state index contributed by atoms with van der Waals surface area (Å²) in [7, 11) is -2.39. The third kappa shape index (κ3) is 4.77. The van der Waals surface area contributed by atoms with E-state index in [1.165, 1.54) is 25.3 Å². The molecule has 2 aliphatic rings. The highest BCUT2D eigenvalue weighted by Gasteiger charge is 2.25. The first-order chi connectivity index (χ1) is 15.0. The van der Waals surface area contributed by atoms with Gasteiger partial charge in [-0.2, -0.15) is 0 Å². The van der Waals surface area contributed by atoms with Crippen LogP contribution in [0.15, 0.2) is 47.4 Å². The molecule has 0 atom stereocenters. The molecular formula is C22H27N3O5S. The number of nitrogens with zero attached hydrogens (tertiary/aromatic N) is 2. The SMILES string of the molecule is COc1ccc(S(=O)(=O)Nc2ccc(N3CCOCC3)cc2)cc1C(=O)N1CCCC1. The van der Waals surface area contributed by atoms with Crippen LogP contribution in [-0.4, -0.2) is 65.7 Å². The van der Waals surface area contributed by atoms with Crippen molar-refractivity contribution in [3.8, 4) is 5.75 Å². The summed E-state index contributed by atoms with van der Waals surface area (Å²) in [5, 5.41) is 0. The third-order valence-corrected chi connectivity index (χ3v) is 6.98. The first-order valence-corrected chi connectivity index (χ1v) is 11.9. The number of benzene rings is 2. The molecule has 31 heavy (non-hydrogen) atoms. The molecule has 2 saturated heterocycles. The Kier molecular flexibility index (Phi) is 6.33. The summed E-state index contributed by atoms with van der Waals surface area (Å²) < 4.78 is 39.2. The van der Waals surface area contributed by atoms with Gasteiger partial charge in [-0.05, 0) is 55.3 Å². The number of ether oxygens (including phenoxy) is 2. The van der Waals surface area contributed by atoms with Gasteiger partial charge in [0.15, 0.2) is 0 Å². The van der Waals surface area contributed by atoms with E-state index < -0.39 is 10.0 Å². The summed E-state index contributed by atoms with van der Waals surface area (Å²) in [6.45, 7) is 4.34. The van der Waals surface area contributed by atoms with Gasteiger partial charge in [-0.15, -0.1) is 0 Å². The van der Waals surface area contributed by atoms with Crippen LogP contribution in [0.1, 0.15) is 23.2 Å². The second-order valence-corrected chi connectivity index (χ2v) is 9.30. The van der Waals surface area contributed by atoms with Gasteiger partial charge in [-0.1, -0.05) is 0 Å². The molecule has 0 bridgehead atoms. The maximum absolute atomic E-state index is 13.0. The number of morpholine rings is 1. The van der Waals surface area contributed by atoms with Crippen molar-refractivity contribution in [2.45, 2.75) is 17.7 Å². The molecule has 0 unspecified atom stereocenters. The normalized spacial score (nSPS) is 16.9. The van der Waals surface area contributed by atoms with Crippen molar-refractivity contribution in [2.24, 2.45) is 0 Å². The van der Waals surface area contributed by atoms with Gasteiger partial charge in [0.25, 0.3) is 15.9 Å². The van der Waals surface area contributed by atoms with Crippen molar-refractivity contribution in [2.75, 3.05) is 56.1 Å². The second kappa shape index (κ2) is 9.15. The van der Waals surface area contributed by atoms with Crippen molar-refractivity contribution in [1.29, 1.82) is 0 Å². The smallest absolute Gasteiger partial charge is 0.261 e. The Morgan fingerprint density at radius 2 is 1.68 bits per heavy atom. The molecule has 0 aromatic heterocycles. The number of rotatable bonds is 6. The Bertz CT molecular complexity index is 1030. The zero-order chi connectivity index (χ0) is 21.8. The van der Waals surface area contributed by atoms with Gasteiger partial charge in [-0.3, -0.25) is 9.52 Å². The lowest BCUT2D eigenvalue weighted by molar-refractivity contribution is 0.0789. The number of methoxy groups -OCH3 is 1. The highest BCUT2D eigenvalue weighted by atomic mass is 32.2. The highest BCUT2D eigenvalue weighted by molar-refractivity contribution is 7.92. The van der Waals surface area contributed by atoms with Crippen molar-refractivity contribution in [3.63, 3.8) is 0 Å². The lowest BCUT2D eigenvalue weighted by atomic mass is 10.1. The number of anilines is 2. The van der Waals surface area contributed by atoms with Crippen LogP contribution in [-0.2, 0) is 14.8 Å². The number of hydrogen-bond acceptors (Lipinski definition) is 6. The molecule has 0 aliphatic carbocycles. The summed E-state index contributed by atoms with van der Waals surface area (Å²) in [5.74, 6) is 0.159. The monoisotopic (exact) mass is 445 g/mol. The average Bonchev–Trinajstić information content (AvgIpc) is 3.34. The van der Waals surface area contributed by atoms with Crippen LogP contribution >= 0.6 is 0 Å². The van der Waals surface area contributed by atoms with Crippen LogP contribution in [0.25, 0.3) is 0 Å². The molecule has 8 nitrogen and oxygen atoms in total. The van der Waals surface area contributed by atoms with Crippen molar-refractivity contribution in [1.82, 2.24) is 4.90 Å². The largest absolute Gasteiger partial charge is 0.496 e. The van der Waals surface area contributed by atoms with Crippen molar-refractivity contribution >= 4 is 27.3 Å². The fourth-order valence-corrected chi connectivity index (χ4v) is 4.97. The molecule has 2 aliphatic heterocycles.